The molecule has 2 aromatic carbocycles. The molecule has 0 spiro atoms. The molecule has 2 aromatic rings. The van der Waals surface area contributed by atoms with Gasteiger partial charge in [0, 0.05) is 11.6 Å². The minimum absolute atomic E-state index is 0.0857. The van der Waals surface area contributed by atoms with Crippen molar-refractivity contribution in [1.82, 2.24) is 0 Å². The van der Waals surface area contributed by atoms with Crippen LogP contribution >= 0.6 is 0 Å². The summed E-state index contributed by atoms with van der Waals surface area (Å²) >= 11 is 0. The number of para-hydroxylation sites is 1. The highest BCUT2D eigenvalue weighted by Gasteiger charge is 2.18. The lowest BCUT2D eigenvalue weighted by Gasteiger charge is -2.10. The topological polar surface area (TPSA) is 85.4 Å². The van der Waals surface area contributed by atoms with Crippen molar-refractivity contribution in [2.45, 2.75) is 6.61 Å². The second-order valence-corrected chi connectivity index (χ2v) is 4.12. The summed E-state index contributed by atoms with van der Waals surface area (Å²) in [7, 11) is 1.55. The smallest absolute Gasteiger partial charge is 0.290 e. The van der Waals surface area contributed by atoms with Crippen LogP contribution in [0.2, 0.25) is 0 Å². The highest BCUT2D eigenvalue weighted by molar-refractivity contribution is 5.56. The first-order chi connectivity index (χ1) is 10.2. The predicted molar refractivity (Wildman–Crippen MR) is 75.1 cm³/mol. The number of nitriles is 1. The average molecular weight is 284 g/mol. The zero-order valence-electron chi connectivity index (χ0n) is 11.3. The Morgan fingerprint density at radius 2 is 1.90 bits per heavy atom. The maximum Gasteiger partial charge on any atom is 0.290 e. The van der Waals surface area contributed by atoms with Gasteiger partial charge in [-0.1, -0.05) is 24.3 Å². The van der Waals surface area contributed by atoms with Gasteiger partial charge in [-0.15, -0.1) is 0 Å². The zero-order valence-corrected chi connectivity index (χ0v) is 11.3. The Morgan fingerprint density at radius 1 is 1.19 bits per heavy atom. The number of nitro groups is 1. The minimum Gasteiger partial charge on any atom is -0.496 e. The van der Waals surface area contributed by atoms with Crippen LogP contribution in [0.15, 0.2) is 42.5 Å². The van der Waals surface area contributed by atoms with Crippen LogP contribution in [0.25, 0.3) is 0 Å². The molecule has 2 rings (SSSR count). The standard InChI is InChI=1S/C15H12N2O4/c1-20-14-7-3-2-5-11(14)10-21-15-8-4-6-13(17(18)19)12(15)9-16/h2-8H,10H2,1H3. The highest BCUT2D eigenvalue weighted by Crippen LogP contribution is 2.28. The largest absolute Gasteiger partial charge is 0.496 e. The third-order valence-corrected chi connectivity index (χ3v) is 2.89. The molecule has 0 aliphatic carbocycles. The first kappa shape index (κ1) is 14.3. The summed E-state index contributed by atoms with van der Waals surface area (Å²) in [5, 5.41) is 20.0. The summed E-state index contributed by atoms with van der Waals surface area (Å²) in [6.45, 7) is 0.153. The van der Waals surface area contributed by atoms with Gasteiger partial charge in [0.2, 0.25) is 0 Å². The molecule has 21 heavy (non-hydrogen) atoms. The van der Waals surface area contributed by atoms with Crippen molar-refractivity contribution >= 4 is 5.69 Å². The number of rotatable bonds is 5. The van der Waals surface area contributed by atoms with Gasteiger partial charge in [-0.3, -0.25) is 10.1 Å². The molecule has 0 bridgehead atoms. The van der Waals surface area contributed by atoms with Crippen molar-refractivity contribution in [3.63, 3.8) is 0 Å². The fourth-order valence-corrected chi connectivity index (χ4v) is 1.88. The maximum absolute atomic E-state index is 10.9. The van der Waals surface area contributed by atoms with Gasteiger partial charge in [0.25, 0.3) is 5.69 Å². The summed E-state index contributed by atoms with van der Waals surface area (Å²) in [4.78, 5) is 10.3. The van der Waals surface area contributed by atoms with Crippen molar-refractivity contribution in [3.05, 3.63) is 63.7 Å². The Morgan fingerprint density at radius 3 is 2.57 bits per heavy atom. The minimum atomic E-state index is -0.603. The average Bonchev–Trinajstić information content (AvgIpc) is 2.52. The Bertz CT molecular complexity index is 707. The molecular weight excluding hydrogens is 272 g/mol. The number of nitro benzene ring substituents is 1. The van der Waals surface area contributed by atoms with Gasteiger partial charge in [-0.25, -0.2) is 0 Å². The van der Waals surface area contributed by atoms with Crippen molar-refractivity contribution in [3.8, 4) is 17.6 Å². The number of benzene rings is 2. The van der Waals surface area contributed by atoms with E-state index in [4.69, 9.17) is 14.7 Å². The van der Waals surface area contributed by atoms with Gasteiger partial charge in [0.1, 0.15) is 24.2 Å². The van der Waals surface area contributed by atoms with Crippen LogP contribution in [0.4, 0.5) is 5.69 Å². The summed E-state index contributed by atoms with van der Waals surface area (Å²) in [6, 6.07) is 13.4. The molecule has 0 N–H and O–H groups in total. The summed E-state index contributed by atoms with van der Waals surface area (Å²) < 4.78 is 10.7. The Hall–Kier alpha value is -3.07. The van der Waals surface area contributed by atoms with Gasteiger partial charge in [0.15, 0.2) is 5.56 Å². The lowest BCUT2D eigenvalue weighted by molar-refractivity contribution is -0.385. The fraction of sp³-hybridized carbons (Fsp3) is 0.133. The lowest BCUT2D eigenvalue weighted by atomic mass is 10.1. The van der Waals surface area contributed by atoms with Crippen LogP contribution in [0.1, 0.15) is 11.1 Å². The van der Waals surface area contributed by atoms with E-state index in [9.17, 15) is 10.1 Å². The monoisotopic (exact) mass is 284 g/mol. The second kappa shape index (κ2) is 6.39. The number of methoxy groups -OCH3 is 1. The van der Waals surface area contributed by atoms with E-state index < -0.39 is 4.92 Å². The molecule has 0 saturated heterocycles. The summed E-state index contributed by atoms with van der Waals surface area (Å²) in [5.74, 6) is 0.832. The van der Waals surface area contributed by atoms with Crippen LogP contribution in [0, 0.1) is 21.4 Å². The lowest BCUT2D eigenvalue weighted by Crippen LogP contribution is -2.01. The molecule has 0 aliphatic heterocycles. The molecule has 0 heterocycles. The molecule has 0 aliphatic rings. The summed E-state index contributed by atoms with van der Waals surface area (Å²) in [6.07, 6.45) is 0. The number of hydrogen-bond donors (Lipinski definition) is 0. The first-order valence-corrected chi connectivity index (χ1v) is 6.09. The Kier molecular flexibility index (Phi) is 4.36. The van der Waals surface area contributed by atoms with Crippen LogP contribution in [0.5, 0.6) is 11.5 Å². The zero-order chi connectivity index (χ0) is 15.2. The van der Waals surface area contributed by atoms with Crippen molar-refractivity contribution < 1.29 is 14.4 Å². The normalized spacial score (nSPS) is 9.71. The van der Waals surface area contributed by atoms with E-state index in [1.165, 1.54) is 18.2 Å². The number of ether oxygens (including phenoxy) is 2. The maximum atomic E-state index is 10.9. The van der Waals surface area contributed by atoms with Gasteiger partial charge in [-0.05, 0) is 12.1 Å². The Balaban J connectivity index is 2.27. The number of nitrogens with zero attached hydrogens (tertiary/aromatic N) is 2. The molecule has 0 saturated carbocycles. The van der Waals surface area contributed by atoms with Crippen LogP contribution in [-0.2, 0) is 6.61 Å². The fourth-order valence-electron chi connectivity index (χ4n) is 1.88. The van der Waals surface area contributed by atoms with Crippen molar-refractivity contribution in [2.24, 2.45) is 0 Å². The third-order valence-electron chi connectivity index (χ3n) is 2.89. The first-order valence-electron chi connectivity index (χ1n) is 6.09. The van der Waals surface area contributed by atoms with E-state index in [1.807, 2.05) is 24.3 Å². The molecule has 6 nitrogen and oxygen atoms in total. The van der Waals surface area contributed by atoms with E-state index in [0.717, 1.165) is 5.56 Å². The summed E-state index contributed by atoms with van der Waals surface area (Å²) in [5.41, 5.74) is 0.433. The SMILES string of the molecule is COc1ccccc1COc1cccc([N+](=O)[O-])c1C#N. The van der Waals surface area contributed by atoms with E-state index in [-0.39, 0.29) is 23.6 Å². The molecule has 0 radical (unpaired) electrons. The molecule has 0 unspecified atom stereocenters. The quantitative estimate of drug-likeness (QED) is 0.622. The molecule has 0 aromatic heterocycles. The third kappa shape index (κ3) is 3.09. The Labute approximate surface area is 121 Å². The van der Waals surface area contributed by atoms with Gasteiger partial charge in [-0.2, -0.15) is 5.26 Å². The second-order valence-electron chi connectivity index (χ2n) is 4.12. The van der Waals surface area contributed by atoms with E-state index in [1.54, 1.807) is 13.2 Å². The van der Waals surface area contributed by atoms with Crippen LogP contribution in [0.3, 0.4) is 0 Å². The highest BCUT2D eigenvalue weighted by atomic mass is 16.6. The van der Waals surface area contributed by atoms with E-state index >= 15 is 0 Å². The predicted octanol–water partition coefficient (Wildman–Crippen LogP) is 3.05. The molecular formula is C15H12N2O4. The van der Waals surface area contributed by atoms with Crippen LogP contribution in [-0.4, -0.2) is 12.0 Å². The molecule has 0 atom stereocenters. The van der Waals surface area contributed by atoms with E-state index in [2.05, 4.69) is 0 Å². The van der Waals surface area contributed by atoms with Crippen molar-refractivity contribution in [1.29, 1.82) is 5.26 Å². The van der Waals surface area contributed by atoms with E-state index in [0.29, 0.717) is 5.75 Å². The molecule has 106 valence electrons. The van der Waals surface area contributed by atoms with Crippen LogP contribution < -0.4 is 9.47 Å². The van der Waals surface area contributed by atoms with Gasteiger partial charge >= 0.3 is 0 Å². The van der Waals surface area contributed by atoms with Crippen molar-refractivity contribution in [2.75, 3.05) is 7.11 Å². The molecule has 0 fully saturated rings. The van der Waals surface area contributed by atoms with Gasteiger partial charge in [0.05, 0.1) is 12.0 Å². The number of hydrogen-bond acceptors (Lipinski definition) is 5. The molecule has 6 heteroatoms. The van der Waals surface area contributed by atoms with Gasteiger partial charge < -0.3 is 9.47 Å². The molecule has 0 amide bonds.